The number of hydrogen-bond donors (Lipinski definition) is 2. The molecule has 0 radical (unpaired) electrons. The maximum Gasteiger partial charge on any atom is 0.417 e. The molecule has 56 heavy (non-hydrogen) atoms. The van der Waals surface area contributed by atoms with Gasteiger partial charge in [-0.15, -0.1) is 0 Å². The molecule has 3 N–H and O–H groups in total. The molecule has 1 saturated heterocycles. The number of aromatic nitrogens is 3. The summed E-state index contributed by atoms with van der Waals surface area (Å²) in [7, 11) is 3.80. The van der Waals surface area contributed by atoms with Crippen LogP contribution in [-0.4, -0.2) is 92.5 Å². The molecule has 0 unspecified atom stereocenters. The van der Waals surface area contributed by atoms with Crippen LogP contribution in [0, 0.1) is 11.8 Å². The Balaban J connectivity index is 1.17. The van der Waals surface area contributed by atoms with E-state index in [0.29, 0.717) is 53.2 Å². The van der Waals surface area contributed by atoms with Crippen LogP contribution in [0.25, 0.3) is 11.4 Å². The fourth-order valence-corrected chi connectivity index (χ4v) is 6.84. The number of carbonyl (C=O) groups is 3. The molecule has 2 aromatic heterocycles. The molecule has 6 rings (SSSR count). The largest absolute Gasteiger partial charge is 0.443 e. The number of fused-ring (bicyclic) bond motifs is 1. The summed E-state index contributed by atoms with van der Waals surface area (Å²) in [6, 6.07) is 12.6. The van der Waals surface area contributed by atoms with Gasteiger partial charge in [-0.1, -0.05) is 30.0 Å². The van der Waals surface area contributed by atoms with E-state index < -0.39 is 35.2 Å². The van der Waals surface area contributed by atoms with Crippen molar-refractivity contribution in [1.29, 1.82) is 0 Å². The molecule has 0 atom stereocenters. The molecule has 15 heteroatoms. The first-order chi connectivity index (χ1) is 26.4. The van der Waals surface area contributed by atoms with Crippen molar-refractivity contribution < 1.29 is 32.3 Å². The molecule has 0 aliphatic carbocycles. The van der Waals surface area contributed by atoms with Gasteiger partial charge in [0.15, 0.2) is 0 Å². The van der Waals surface area contributed by atoms with Crippen LogP contribution in [0.5, 0.6) is 0 Å². The summed E-state index contributed by atoms with van der Waals surface area (Å²) in [4.78, 5) is 53.1. The van der Waals surface area contributed by atoms with Crippen LogP contribution in [0.15, 0.2) is 54.7 Å². The van der Waals surface area contributed by atoms with Gasteiger partial charge in [0.2, 0.25) is 11.9 Å². The molecule has 0 bridgehead atoms. The molecule has 2 aliphatic heterocycles. The van der Waals surface area contributed by atoms with Gasteiger partial charge in [-0.2, -0.15) is 13.2 Å². The van der Waals surface area contributed by atoms with Crippen LogP contribution in [0.2, 0.25) is 0 Å². The number of alkyl halides is 3. The number of benzene rings is 2. The number of nitrogens with zero attached hydrogens (tertiary/aromatic N) is 6. The molecule has 12 nitrogen and oxygen atoms in total. The second-order valence-corrected chi connectivity index (χ2v) is 15.1. The van der Waals surface area contributed by atoms with Crippen molar-refractivity contribution in [2.24, 2.45) is 7.05 Å². The average Bonchev–Trinajstić information content (AvgIpc) is 3.32. The van der Waals surface area contributed by atoms with Gasteiger partial charge in [0.1, 0.15) is 11.3 Å². The highest BCUT2D eigenvalue weighted by Crippen LogP contribution is 2.35. The number of likely N-dealkylation sites (N-methyl/N-ethyl adjacent to an activating group) is 1. The Morgan fingerprint density at radius 3 is 2.52 bits per heavy atom. The number of halogens is 3. The molecule has 2 aromatic carbocycles. The minimum atomic E-state index is -4.58. The Hall–Kier alpha value is -5.72. The van der Waals surface area contributed by atoms with Gasteiger partial charge in [0, 0.05) is 62.8 Å². The molecular weight excluding hydrogens is 725 g/mol. The predicted octanol–water partition coefficient (Wildman–Crippen LogP) is 5.74. The summed E-state index contributed by atoms with van der Waals surface area (Å²) in [5.74, 6) is 5.20. The molecule has 3 amide bonds. The highest BCUT2D eigenvalue weighted by atomic mass is 19.4. The Morgan fingerprint density at radius 2 is 1.77 bits per heavy atom. The summed E-state index contributed by atoms with van der Waals surface area (Å²) < 4.78 is 49.8. The Labute approximate surface area is 323 Å². The van der Waals surface area contributed by atoms with E-state index in [1.165, 1.54) is 18.3 Å². The summed E-state index contributed by atoms with van der Waals surface area (Å²) in [6.45, 7) is 8.62. The fraction of sp³-hybridized carbons (Fsp3) is 0.390. The van der Waals surface area contributed by atoms with Gasteiger partial charge < -0.3 is 25.3 Å². The quantitative estimate of drug-likeness (QED) is 0.235. The maximum atomic E-state index is 14.2. The minimum Gasteiger partial charge on any atom is -0.443 e. The summed E-state index contributed by atoms with van der Waals surface area (Å²) in [5, 5.41) is 2.63. The number of nitrogen functional groups attached to an aromatic ring is 1. The van der Waals surface area contributed by atoms with Gasteiger partial charge in [0.25, 0.3) is 5.91 Å². The zero-order valence-electron chi connectivity index (χ0n) is 32.1. The summed E-state index contributed by atoms with van der Waals surface area (Å²) in [6.07, 6.45) is -2.62. The molecule has 4 heterocycles. The van der Waals surface area contributed by atoms with E-state index in [9.17, 15) is 27.6 Å². The first-order valence-corrected chi connectivity index (χ1v) is 18.3. The van der Waals surface area contributed by atoms with Crippen LogP contribution >= 0.6 is 0 Å². The lowest BCUT2D eigenvalue weighted by Gasteiger charge is -2.28. The first kappa shape index (κ1) is 40.0. The van der Waals surface area contributed by atoms with Gasteiger partial charge >= 0.3 is 12.3 Å². The van der Waals surface area contributed by atoms with Crippen molar-refractivity contribution in [3.63, 3.8) is 0 Å². The molecule has 294 valence electrons. The van der Waals surface area contributed by atoms with Crippen LogP contribution < -0.4 is 11.1 Å². The number of ether oxygens (including phenoxy) is 1. The van der Waals surface area contributed by atoms with Gasteiger partial charge in [0.05, 0.1) is 28.8 Å². The van der Waals surface area contributed by atoms with Gasteiger partial charge in [-0.25, -0.2) is 19.7 Å². The Kier molecular flexibility index (Phi) is 11.5. The first-order valence-electron chi connectivity index (χ1n) is 18.3. The van der Waals surface area contributed by atoms with E-state index in [0.717, 1.165) is 36.2 Å². The fourth-order valence-electron chi connectivity index (χ4n) is 6.84. The van der Waals surface area contributed by atoms with E-state index in [1.807, 2.05) is 16.5 Å². The van der Waals surface area contributed by atoms with Crippen LogP contribution in [-0.2, 0) is 42.1 Å². The third kappa shape index (κ3) is 9.55. The van der Waals surface area contributed by atoms with Crippen molar-refractivity contribution in [1.82, 2.24) is 29.2 Å². The van der Waals surface area contributed by atoms with E-state index in [2.05, 4.69) is 32.0 Å². The standard InChI is InChI=1S/C41H45F3N8O4/c1-40(2,3)56-39(55)52-17-14-33-31(37(52)54)23-34(50(33)5)36-28(24-46-38(45)48-36)11-10-26-8-6-9-27(20-26)21-35(53)47-30-13-12-29(32(22-30)41(42,43)44)25-51-16-7-15-49(4)18-19-51/h6,8-9,12-13,20,22-24H,7,14-19,21,25H2,1-5H3,(H,47,53)(H2,45,46,48). The number of rotatable bonds is 6. The molecule has 4 aromatic rings. The van der Waals surface area contributed by atoms with Gasteiger partial charge in [-0.3, -0.25) is 14.5 Å². The molecule has 0 spiro atoms. The van der Waals surface area contributed by atoms with Gasteiger partial charge in [-0.05, 0) is 88.8 Å². The number of hydrogen-bond acceptors (Lipinski definition) is 9. The smallest absolute Gasteiger partial charge is 0.417 e. The van der Waals surface area contributed by atoms with E-state index in [4.69, 9.17) is 10.5 Å². The lowest BCUT2D eigenvalue weighted by atomic mass is 10.0. The zero-order valence-corrected chi connectivity index (χ0v) is 32.1. The maximum absolute atomic E-state index is 14.2. The second kappa shape index (κ2) is 16.2. The molecule has 0 saturated carbocycles. The normalized spacial score (nSPS) is 15.4. The lowest BCUT2D eigenvalue weighted by molar-refractivity contribution is -0.138. The van der Waals surface area contributed by atoms with Crippen molar-refractivity contribution in [2.75, 3.05) is 50.8 Å². The van der Waals surface area contributed by atoms with E-state index in [1.54, 1.807) is 58.2 Å². The predicted molar refractivity (Wildman–Crippen MR) is 205 cm³/mol. The van der Waals surface area contributed by atoms with E-state index in [-0.39, 0.29) is 36.7 Å². The van der Waals surface area contributed by atoms with Crippen LogP contribution in [0.4, 0.5) is 29.6 Å². The topological polar surface area (TPSA) is 139 Å². The van der Waals surface area contributed by atoms with Crippen molar-refractivity contribution in [2.45, 2.75) is 58.4 Å². The monoisotopic (exact) mass is 770 g/mol. The summed E-state index contributed by atoms with van der Waals surface area (Å²) in [5.41, 5.74) is 8.28. The minimum absolute atomic E-state index is 0.00173. The summed E-state index contributed by atoms with van der Waals surface area (Å²) >= 11 is 0. The Bertz CT molecular complexity index is 2220. The second-order valence-electron chi connectivity index (χ2n) is 15.1. The average molecular weight is 771 g/mol. The third-order valence-electron chi connectivity index (χ3n) is 9.61. The van der Waals surface area contributed by atoms with Crippen molar-refractivity contribution >= 4 is 29.5 Å². The van der Waals surface area contributed by atoms with E-state index >= 15 is 0 Å². The number of imide groups is 1. The number of nitrogens with one attached hydrogen (secondary N) is 1. The van der Waals surface area contributed by atoms with Crippen molar-refractivity contribution in [3.05, 3.63) is 93.8 Å². The van der Waals surface area contributed by atoms with Crippen molar-refractivity contribution in [3.8, 4) is 23.2 Å². The number of nitrogens with two attached hydrogens (primary N) is 1. The zero-order chi connectivity index (χ0) is 40.4. The molecule has 2 aliphatic rings. The molecular formula is C41H45F3N8O4. The third-order valence-corrected chi connectivity index (χ3v) is 9.61. The van der Waals surface area contributed by atoms with Crippen LogP contribution in [0.3, 0.4) is 0 Å². The number of carbonyl (C=O) groups excluding carboxylic acids is 3. The highest BCUT2D eigenvalue weighted by Gasteiger charge is 2.36. The Morgan fingerprint density at radius 1 is 0.982 bits per heavy atom. The molecule has 1 fully saturated rings. The van der Waals surface area contributed by atoms with Crippen LogP contribution in [0.1, 0.15) is 71.1 Å². The number of anilines is 2. The lowest BCUT2D eigenvalue weighted by Crippen LogP contribution is -2.44. The SMILES string of the molecule is CN1CCCN(Cc2ccc(NC(=O)Cc3cccc(C#Cc4cnc(N)nc4-c4cc5c(n4C)CCN(C(=O)OC(C)(C)C)C5=O)c3)cc2C(F)(F)F)CC1. The number of amides is 3. The highest BCUT2D eigenvalue weighted by molar-refractivity contribution is 6.05.